The van der Waals surface area contributed by atoms with Crippen LogP contribution >= 0.6 is 0 Å². The molecule has 1 fully saturated rings. The molecule has 4 N–H and O–H groups in total. The lowest BCUT2D eigenvalue weighted by Gasteiger charge is -2.08. The van der Waals surface area contributed by atoms with E-state index in [1.165, 1.54) is 12.8 Å². The molecule has 5 nitrogen and oxygen atoms in total. The Morgan fingerprint density at radius 3 is 3.00 bits per heavy atom. The van der Waals surface area contributed by atoms with Gasteiger partial charge in [-0.05, 0) is 19.3 Å². The number of hydrazine groups is 1. The van der Waals surface area contributed by atoms with Crippen molar-refractivity contribution >= 4 is 11.8 Å². The van der Waals surface area contributed by atoms with Gasteiger partial charge in [-0.15, -0.1) is 0 Å². The second-order valence-corrected chi connectivity index (χ2v) is 4.02. The van der Waals surface area contributed by atoms with Crippen LogP contribution in [0.3, 0.4) is 0 Å². The third kappa shape index (κ3) is 2.18. The minimum absolute atomic E-state index is 0.455. The summed E-state index contributed by atoms with van der Waals surface area (Å²) in [6.07, 6.45) is 4.24. The first-order chi connectivity index (χ1) is 7.24. The Bertz CT molecular complexity index is 352. The van der Waals surface area contributed by atoms with Gasteiger partial charge in [-0.1, -0.05) is 13.3 Å². The molecule has 1 aliphatic carbocycles. The van der Waals surface area contributed by atoms with Crippen molar-refractivity contribution in [2.75, 3.05) is 10.7 Å². The second kappa shape index (κ2) is 4.02. The topological polar surface area (TPSA) is 75.9 Å². The lowest BCUT2D eigenvalue weighted by molar-refractivity contribution is 0.773. The summed E-state index contributed by atoms with van der Waals surface area (Å²) in [7, 11) is 0. The molecule has 1 saturated carbocycles. The molecular weight excluding hydrogens is 190 g/mol. The van der Waals surface area contributed by atoms with Gasteiger partial charge in [0.15, 0.2) is 0 Å². The molecule has 1 heterocycles. The molecule has 15 heavy (non-hydrogen) atoms. The van der Waals surface area contributed by atoms with Crippen LogP contribution in [0.1, 0.15) is 25.3 Å². The summed E-state index contributed by atoms with van der Waals surface area (Å²) in [5, 5.41) is 3.41. The predicted molar refractivity (Wildman–Crippen MR) is 60.4 cm³/mol. The van der Waals surface area contributed by atoms with Crippen molar-refractivity contribution in [3.8, 4) is 0 Å². The highest BCUT2D eigenvalue weighted by Gasteiger charge is 2.35. The van der Waals surface area contributed by atoms with Gasteiger partial charge in [0.25, 0.3) is 0 Å². The van der Waals surface area contributed by atoms with E-state index in [0.29, 0.717) is 12.0 Å². The number of nitrogens with one attached hydrogen (secondary N) is 2. The van der Waals surface area contributed by atoms with Gasteiger partial charge in [0.2, 0.25) is 5.95 Å². The van der Waals surface area contributed by atoms with Crippen molar-refractivity contribution in [2.45, 2.75) is 32.7 Å². The van der Waals surface area contributed by atoms with E-state index >= 15 is 0 Å². The fourth-order valence-corrected chi connectivity index (χ4v) is 1.71. The number of nitrogens with zero attached hydrogens (tertiary/aromatic N) is 2. The van der Waals surface area contributed by atoms with Crippen LogP contribution in [0.15, 0.2) is 6.20 Å². The van der Waals surface area contributed by atoms with Crippen molar-refractivity contribution in [3.63, 3.8) is 0 Å². The van der Waals surface area contributed by atoms with Gasteiger partial charge in [-0.2, -0.15) is 4.98 Å². The molecule has 2 unspecified atom stereocenters. The number of hydrogen-bond acceptors (Lipinski definition) is 5. The van der Waals surface area contributed by atoms with Gasteiger partial charge in [-0.25, -0.2) is 10.8 Å². The van der Waals surface area contributed by atoms with Crippen molar-refractivity contribution in [1.29, 1.82) is 0 Å². The largest absolute Gasteiger partial charge is 0.367 e. The molecule has 0 radical (unpaired) electrons. The molecule has 0 aliphatic heterocycles. The first kappa shape index (κ1) is 10.2. The fourth-order valence-electron chi connectivity index (χ4n) is 1.71. The van der Waals surface area contributed by atoms with Crippen molar-refractivity contribution < 1.29 is 0 Å². The van der Waals surface area contributed by atoms with E-state index in [1.54, 1.807) is 6.20 Å². The summed E-state index contributed by atoms with van der Waals surface area (Å²) < 4.78 is 0. The van der Waals surface area contributed by atoms with Crippen LogP contribution in [0.5, 0.6) is 0 Å². The average molecular weight is 207 g/mol. The third-order valence-corrected chi connectivity index (χ3v) is 2.87. The van der Waals surface area contributed by atoms with Crippen LogP contribution in [0.4, 0.5) is 11.8 Å². The van der Waals surface area contributed by atoms with Gasteiger partial charge in [0, 0.05) is 17.8 Å². The molecule has 0 bridgehead atoms. The Balaban J connectivity index is 2.07. The Morgan fingerprint density at radius 2 is 2.40 bits per heavy atom. The Labute approximate surface area is 89.5 Å². The molecule has 0 amide bonds. The van der Waals surface area contributed by atoms with E-state index in [0.717, 1.165) is 17.3 Å². The Hall–Kier alpha value is -1.36. The monoisotopic (exact) mass is 207 g/mol. The Morgan fingerprint density at radius 1 is 1.60 bits per heavy atom. The predicted octanol–water partition coefficient (Wildman–Crippen LogP) is 1.28. The summed E-state index contributed by atoms with van der Waals surface area (Å²) in [6, 6.07) is 0.578. The molecule has 0 aromatic carbocycles. The summed E-state index contributed by atoms with van der Waals surface area (Å²) in [5.74, 6) is 7.41. The van der Waals surface area contributed by atoms with Gasteiger partial charge < -0.3 is 5.32 Å². The quantitative estimate of drug-likeness (QED) is 0.512. The maximum absolute atomic E-state index is 5.27. The standard InChI is InChI=1S/C10H17N5/c1-3-7-4-8(7)13-9-6(2)5-12-10(14-9)15-11/h5,7-8H,3-4,11H2,1-2H3,(H2,12,13,14,15). The molecule has 5 heteroatoms. The highest BCUT2D eigenvalue weighted by atomic mass is 15.3. The van der Waals surface area contributed by atoms with E-state index in [9.17, 15) is 0 Å². The van der Waals surface area contributed by atoms with Gasteiger partial charge in [0.05, 0.1) is 0 Å². The summed E-state index contributed by atoms with van der Waals surface area (Å²) in [6.45, 7) is 4.21. The molecule has 2 atom stereocenters. The number of aryl methyl sites for hydroxylation is 1. The second-order valence-electron chi connectivity index (χ2n) is 4.02. The molecule has 1 aromatic heterocycles. The zero-order chi connectivity index (χ0) is 10.8. The van der Waals surface area contributed by atoms with Gasteiger partial charge >= 0.3 is 0 Å². The van der Waals surface area contributed by atoms with Crippen LogP contribution in [0.2, 0.25) is 0 Å². The van der Waals surface area contributed by atoms with E-state index in [1.807, 2.05) is 6.92 Å². The molecule has 0 spiro atoms. The van der Waals surface area contributed by atoms with Crippen LogP contribution in [-0.2, 0) is 0 Å². The summed E-state index contributed by atoms with van der Waals surface area (Å²) in [4.78, 5) is 8.32. The number of nitrogen functional groups attached to an aromatic ring is 1. The molecule has 82 valence electrons. The van der Waals surface area contributed by atoms with E-state index in [2.05, 4.69) is 27.6 Å². The minimum atomic E-state index is 0.455. The highest BCUT2D eigenvalue weighted by molar-refractivity contribution is 5.47. The molecule has 0 saturated heterocycles. The van der Waals surface area contributed by atoms with E-state index < -0.39 is 0 Å². The fraction of sp³-hybridized carbons (Fsp3) is 0.600. The van der Waals surface area contributed by atoms with Crippen LogP contribution in [0, 0.1) is 12.8 Å². The van der Waals surface area contributed by atoms with E-state index in [4.69, 9.17) is 5.84 Å². The third-order valence-electron chi connectivity index (χ3n) is 2.87. The minimum Gasteiger partial charge on any atom is -0.367 e. The average Bonchev–Trinajstić information content (AvgIpc) is 3.00. The number of anilines is 2. The molecular formula is C10H17N5. The van der Waals surface area contributed by atoms with Crippen molar-refractivity contribution in [1.82, 2.24) is 9.97 Å². The lowest BCUT2D eigenvalue weighted by atomic mass is 10.3. The normalized spacial score (nSPS) is 23.7. The van der Waals surface area contributed by atoms with E-state index in [-0.39, 0.29) is 0 Å². The molecule has 2 rings (SSSR count). The zero-order valence-corrected chi connectivity index (χ0v) is 9.12. The maximum atomic E-state index is 5.27. The van der Waals surface area contributed by atoms with Crippen molar-refractivity contribution in [3.05, 3.63) is 11.8 Å². The zero-order valence-electron chi connectivity index (χ0n) is 9.12. The van der Waals surface area contributed by atoms with Crippen LogP contribution in [0.25, 0.3) is 0 Å². The first-order valence-electron chi connectivity index (χ1n) is 5.31. The summed E-state index contributed by atoms with van der Waals surface area (Å²) in [5.41, 5.74) is 3.50. The van der Waals surface area contributed by atoms with Gasteiger partial charge in [-0.3, -0.25) is 5.43 Å². The number of hydrogen-bond donors (Lipinski definition) is 3. The lowest BCUT2D eigenvalue weighted by Crippen LogP contribution is -2.14. The smallest absolute Gasteiger partial charge is 0.239 e. The van der Waals surface area contributed by atoms with Crippen LogP contribution < -0.4 is 16.6 Å². The maximum Gasteiger partial charge on any atom is 0.239 e. The van der Waals surface area contributed by atoms with Gasteiger partial charge in [0.1, 0.15) is 5.82 Å². The van der Waals surface area contributed by atoms with Crippen molar-refractivity contribution in [2.24, 2.45) is 11.8 Å². The summed E-state index contributed by atoms with van der Waals surface area (Å²) >= 11 is 0. The first-order valence-corrected chi connectivity index (χ1v) is 5.31. The number of nitrogens with two attached hydrogens (primary N) is 1. The number of rotatable bonds is 4. The Kier molecular flexibility index (Phi) is 2.73. The molecule has 1 aliphatic rings. The number of aromatic nitrogens is 2. The highest BCUT2D eigenvalue weighted by Crippen LogP contribution is 2.36. The van der Waals surface area contributed by atoms with Crippen LogP contribution in [-0.4, -0.2) is 16.0 Å². The molecule has 1 aromatic rings. The SMILES string of the molecule is CCC1CC1Nc1nc(NN)ncc1C.